The number of hydrogen-bond acceptors (Lipinski definition) is 11. The number of carbonyl (C=O) groups is 9. The monoisotopic (exact) mass is 891 g/mol. The molecule has 64 heavy (non-hydrogen) atoms. The molecular formula is C43H57N9O12. The third-order valence-electron chi connectivity index (χ3n) is 11.0. The molecule has 0 saturated carbocycles. The lowest BCUT2D eigenvalue weighted by molar-refractivity contribution is -0.144. The Morgan fingerprint density at radius 1 is 0.797 bits per heavy atom. The van der Waals surface area contributed by atoms with Gasteiger partial charge in [-0.25, -0.2) is 4.79 Å². The molecule has 0 bridgehead atoms. The number of carboxylic acids is 2. The number of nitrogens with two attached hydrogens (primary N) is 1. The first kappa shape index (κ1) is 49.6. The summed E-state index contributed by atoms with van der Waals surface area (Å²) in [5.74, 6) is -8.30. The lowest BCUT2D eigenvalue weighted by Crippen LogP contribution is -2.59. The van der Waals surface area contributed by atoms with Crippen LogP contribution in [0, 0.1) is 5.92 Å². The predicted molar refractivity (Wildman–Crippen MR) is 230 cm³/mol. The van der Waals surface area contributed by atoms with E-state index in [4.69, 9.17) is 10.8 Å². The fourth-order valence-electron chi connectivity index (χ4n) is 7.15. The molecule has 1 aromatic heterocycles. The van der Waals surface area contributed by atoms with E-state index in [9.17, 15) is 53.4 Å². The molecule has 2 heterocycles. The zero-order valence-electron chi connectivity index (χ0n) is 36.0. The molecule has 1 aliphatic rings. The number of nitrogens with one attached hydrogen (secondary N) is 7. The third-order valence-corrected chi connectivity index (χ3v) is 11.0. The first-order valence-electron chi connectivity index (χ1n) is 20.9. The Hall–Kier alpha value is -7.03. The van der Waals surface area contributed by atoms with Gasteiger partial charge in [-0.05, 0) is 61.9 Å². The molecule has 1 fully saturated rings. The van der Waals surface area contributed by atoms with Crippen LogP contribution in [0.2, 0.25) is 0 Å². The highest BCUT2D eigenvalue weighted by Crippen LogP contribution is 2.21. The highest BCUT2D eigenvalue weighted by atomic mass is 16.4. The van der Waals surface area contributed by atoms with Crippen molar-refractivity contribution in [1.29, 1.82) is 0 Å². The van der Waals surface area contributed by atoms with Crippen LogP contribution in [-0.2, 0) is 56.0 Å². The Balaban J connectivity index is 1.32. The number of aromatic hydroxyl groups is 1. The van der Waals surface area contributed by atoms with Crippen molar-refractivity contribution in [2.45, 2.75) is 109 Å². The van der Waals surface area contributed by atoms with Crippen molar-refractivity contribution in [3.63, 3.8) is 0 Å². The maximum absolute atomic E-state index is 13.6. The second-order valence-electron chi connectivity index (χ2n) is 15.9. The molecule has 346 valence electrons. The minimum absolute atomic E-state index is 0.0380. The van der Waals surface area contributed by atoms with Crippen molar-refractivity contribution < 1.29 is 58.5 Å². The molecule has 0 spiro atoms. The quantitative estimate of drug-likeness (QED) is 0.0587. The Labute approximate surface area is 368 Å². The van der Waals surface area contributed by atoms with Gasteiger partial charge in [0.2, 0.25) is 41.4 Å². The number of fused-ring (bicyclic) bond motifs is 1. The fraction of sp³-hybridized carbons (Fsp3) is 0.465. The molecule has 21 heteroatoms. The number of para-hydroxylation sites is 1. The van der Waals surface area contributed by atoms with Gasteiger partial charge in [0.15, 0.2) is 0 Å². The Morgan fingerprint density at radius 3 is 2.11 bits per heavy atom. The average molecular weight is 892 g/mol. The zero-order chi connectivity index (χ0) is 47.2. The normalized spacial score (nSPS) is 16.8. The van der Waals surface area contributed by atoms with Crippen LogP contribution in [0.15, 0.2) is 54.7 Å². The van der Waals surface area contributed by atoms with Crippen LogP contribution in [-0.4, -0.2) is 134 Å². The lowest BCUT2D eigenvalue weighted by Gasteiger charge is -2.30. The van der Waals surface area contributed by atoms with Crippen LogP contribution in [0.1, 0.15) is 64.5 Å². The standard InChI is InChI=1S/C43H57N9O12/c1-5-22(2)36(51-40(60)33-11-8-16-52(33)42(62)29(44)19-35(55)56)41(61)48-24(4)38(58)47-23(3)37(57)46-21-34(54)49-31(17-25-12-14-27(53)15-13-25)39(59)50-32(43(63)64)18-26-20-45-30-10-7-6-9-28(26)30/h6-7,9-10,12-15,20,22-24,29,31-33,36,45,53H,5,8,11,16-19,21,44H2,1-4H3,(H,46,57)(H,47,58)(H,48,61)(H,49,54)(H,50,59)(H,51,60)(H,55,56)(H,63,64)/t22-,23-,24-,29-,31-,32-,33-,36-/m0/s1. The summed E-state index contributed by atoms with van der Waals surface area (Å²) in [7, 11) is 0. The molecule has 0 radical (unpaired) electrons. The van der Waals surface area contributed by atoms with Gasteiger partial charge in [-0.15, -0.1) is 0 Å². The summed E-state index contributed by atoms with van der Waals surface area (Å²) in [5, 5.41) is 44.6. The van der Waals surface area contributed by atoms with E-state index < -0.39 is 114 Å². The molecule has 0 unspecified atom stereocenters. The molecule has 3 aromatic rings. The zero-order valence-corrected chi connectivity index (χ0v) is 36.0. The van der Waals surface area contributed by atoms with Crippen LogP contribution in [0.3, 0.4) is 0 Å². The van der Waals surface area contributed by atoms with Crippen molar-refractivity contribution >= 4 is 64.2 Å². The Kier molecular flexibility index (Phi) is 17.7. The predicted octanol–water partition coefficient (Wildman–Crippen LogP) is -0.838. The van der Waals surface area contributed by atoms with E-state index in [1.165, 1.54) is 43.0 Å². The van der Waals surface area contributed by atoms with E-state index in [1.807, 2.05) is 18.2 Å². The van der Waals surface area contributed by atoms with Gasteiger partial charge in [-0.2, -0.15) is 0 Å². The van der Waals surface area contributed by atoms with Gasteiger partial charge in [-0.1, -0.05) is 50.6 Å². The van der Waals surface area contributed by atoms with Gasteiger partial charge in [0, 0.05) is 36.5 Å². The van der Waals surface area contributed by atoms with Crippen molar-refractivity contribution in [3.05, 3.63) is 65.9 Å². The minimum atomic E-state index is -1.38. The van der Waals surface area contributed by atoms with Crippen molar-refractivity contribution in [2.75, 3.05) is 13.1 Å². The molecule has 8 atom stereocenters. The topological polar surface area (TPSA) is 332 Å². The van der Waals surface area contributed by atoms with Gasteiger partial charge in [0.1, 0.15) is 42.0 Å². The van der Waals surface area contributed by atoms with E-state index in [0.717, 1.165) is 10.9 Å². The van der Waals surface area contributed by atoms with Crippen LogP contribution in [0.5, 0.6) is 5.75 Å². The van der Waals surface area contributed by atoms with Gasteiger partial charge >= 0.3 is 11.9 Å². The SMILES string of the molecule is CC[C@H](C)[C@H](NC(=O)[C@@H]1CCCN1C(=O)[C@@H](N)CC(=O)O)C(=O)N[C@@H](C)C(=O)N[C@@H](C)C(=O)NCC(=O)N[C@@H](Cc1ccc(O)cc1)C(=O)N[C@@H](Cc1c[nH]c2ccccc12)C(=O)O. The maximum atomic E-state index is 13.6. The third kappa shape index (κ3) is 13.7. The number of rotatable bonds is 22. The highest BCUT2D eigenvalue weighted by molar-refractivity contribution is 5.97. The molecule has 4 rings (SSSR count). The van der Waals surface area contributed by atoms with Crippen molar-refractivity contribution in [1.82, 2.24) is 41.8 Å². The number of hydrogen-bond donors (Lipinski definition) is 11. The molecule has 12 N–H and O–H groups in total. The first-order valence-corrected chi connectivity index (χ1v) is 20.9. The van der Waals surface area contributed by atoms with E-state index >= 15 is 0 Å². The number of carbonyl (C=O) groups excluding carboxylic acids is 7. The minimum Gasteiger partial charge on any atom is -0.508 e. The number of aromatic amines is 1. The first-order chi connectivity index (χ1) is 30.3. The highest BCUT2D eigenvalue weighted by Gasteiger charge is 2.39. The number of H-pyrrole nitrogens is 1. The molecule has 1 saturated heterocycles. The number of phenols is 1. The smallest absolute Gasteiger partial charge is 0.326 e. The fourth-order valence-corrected chi connectivity index (χ4v) is 7.15. The number of benzene rings is 2. The molecule has 2 aromatic carbocycles. The second-order valence-corrected chi connectivity index (χ2v) is 15.9. The summed E-state index contributed by atoms with van der Waals surface area (Å²) in [6.45, 7) is 5.72. The summed E-state index contributed by atoms with van der Waals surface area (Å²) in [4.78, 5) is 120. The summed E-state index contributed by atoms with van der Waals surface area (Å²) in [5.41, 5.74) is 7.71. The summed E-state index contributed by atoms with van der Waals surface area (Å²) in [6.07, 6.45) is 2.02. The molecule has 0 aliphatic carbocycles. The van der Waals surface area contributed by atoms with Crippen LogP contribution < -0.4 is 37.6 Å². The number of aromatic nitrogens is 1. The Morgan fingerprint density at radius 2 is 1.45 bits per heavy atom. The summed E-state index contributed by atoms with van der Waals surface area (Å²) in [6, 6.07) is 4.48. The van der Waals surface area contributed by atoms with E-state index in [0.29, 0.717) is 24.0 Å². The van der Waals surface area contributed by atoms with Crippen molar-refractivity contribution in [2.24, 2.45) is 11.7 Å². The van der Waals surface area contributed by atoms with E-state index in [1.54, 1.807) is 26.1 Å². The number of amides is 7. The second kappa shape index (κ2) is 22.9. The van der Waals surface area contributed by atoms with Gasteiger partial charge < -0.3 is 62.8 Å². The number of likely N-dealkylation sites (tertiary alicyclic amines) is 1. The summed E-state index contributed by atoms with van der Waals surface area (Å²) >= 11 is 0. The molecular weight excluding hydrogens is 835 g/mol. The average Bonchev–Trinajstić information content (AvgIpc) is 3.92. The van der Waals surface area contributed by atoms with Gasteiger partial charge in [0.05, 0.1) is 19.0 Å². The summed E-state index contributed by atoms with van der Waals surface area (Å²) < 4.78 is 0. The molecule has 1 aliphatic heterocycles. The molecule has 21 nitrogen and oxygen atoms in total. The van der Waals surface area contributed by atoms with E-state index in [2.05, 4.69) is 36.9 Å². The number of aliphatic carboxylic acids is 2. The van der Waals surface area contributed by atoms with E-state index in [-0.39, 0.29) is 31.6 Å². The Bertz CT molecular complexity index is 2200. The lowest BCUT2D eigenvalue weighted by atomic mass is 9.97. The number of phenolic OH excluding ortho intramolecular Hbond substituents is 1. The van der Waals surface area contributed by atoms with Crippen LogP contribution in [0.4, 0.5) is 0 Å². The number of carboxylic acid groups (broad SMARTS) is 2. The number of nitrogens with zero attached hydrogens (tertiary/aromatic N) is 1. The van der Waals surface area contributed by atoms with Crippen molar-refractivity contribution in [3.8, 4) is 5.75 Å². The largest absolute Gasteiger partial charge is 0.508 e. The van der Waals surface area contributed by atoms with Gasteiger partial charge in [0.25, 0.3) is 0 Å². The van der Waals surface area contributed by atoms with Gasteiger partial charge in [-0.3, -0.25) is 38.4 Å². The molecule has 7 amide bonds. The van der Waals surface area contributed by atoms with Crippen LogP contribution >= 0.6 is 0 Å². The van der Waals surface area contributed by atoms with Crippen LogP contribution in [0.25, 0.3) is 10.9 Å². The maximum Gasteiger partial charge on any atom is 0.326 e.